The van der Waals surface area contributed by atoms with Gasteiger partial charge in [0.2, 0.25) is 0 Å². The van der Waals surface area contributed by atoms with Crippen LogP contribution in [0.1, 0.15) is 38.2 Å². The zero-order valence-electron chi connectivity index (χ0n) is 10.9. The average Bonchev–Trinajstić information content (AvgIpc) is 2.77. The molecular weight excluding hydrogens is 240 g/mol. The summed E-state index contributed by atoms with van der Waals surface area (Å²) in [6.07, 6.45) is 7.26. The number of fused-ring (bicyclic) bond motifs is 1. The van der Waals surface area contributed by atoms with Crippen LogP contribution in [-0.2, 0) is 6.54 Å². The van der Waals surface area contributed by atoms with Crippen molar-refractivity contribution in [1.29, 1.82) is 0 Å². The molecule has 0 fully saturated rings. The van der Waals surface area contributed by atoms with Crippen molar-refractivity contribution in [3.05, 3.63) is 36.0 Å². The first-order chi connectivity index (χ1) is 8.74. The minimum atomic E-state index is 0.476. The van der Waals surface area contributed by atoms with E-state index < -0.39 is 0 Å². The number of nitrogens with two attached hydrogens (primary N) is 1. The van der Waals surface area contributed by atoms with Crippen LogP contribution in [0, 0.1) is 0 Å². The highest BCUT2D eigenvalue weighted by Crippen LogP contribution is 2.21. The SMILES string of the molecule is CCCCCCn1ccc2c(C(N)=S)cccc21. The fourth-order valence-electron chi connectivity index (χ4n) is 2.34. The van der Waals surface area contributed by atoms with Crippen molar-refractivity contribution in [2.75, 3.05) is 0 Å². The van der Waals surface area contributed by atoms with Crippen molar-refractivity contribution in [3.8, 4) is 0 Å². The smallest absolute Gasteiger partial charge is 0.104 e. The molecule has 0 saturated carbocycles. The van der Waals surface area contributed by atoms with Crippen LogP contribution in [0.2, 0.25) is 0 Å². The second-order valence-electron chi connectivity index (χ2n) is 4.67. The summed E-state index contributed by atoms with van der Waals surface area (Å²) in [4.78, 5) is 0.476. The van der Waals surface area contributed by atoms with Gasteiger partial charge in [-0.2, -0.15) is 0 Å². The van der Waals surface area contributed by atoms with Gasteiger partial charge < -0.3 is 10.3 Å². The maximum Gasteiger partial charge on any atom is 0.104 e. The lowest BCUT2D eigenvalue weighted by atomic mass is 10.1. The van der Waals surface area contributed by atoms with E-state index in [-0.39, 0.29) is 0 Å². The van der Waals surface area contributed by atoms with Crippen LogP contribution in [0.4, 0.5) is 0 Å². The molecule has 0 saturated heterocycles. The van der Waals surface area contributed by atoms with Gasteiger partial charge >= 0.3 is 0 Å². The fraction of sp³-hybridized carbons (Fsp3) is 0.400. The third-order valence-electron chi connectivity index (χ3n) is 3.33. The summed E-state index contributed by atoms with van der Waals surface area (Å²) < 4.78 is 2.30. The van der Waals surface area contributed by atoms with Gasteiger partial charge in [0.25, 0.3) is 0 Å². The number of thiocarbonyl (C=S) groups is 1. The highest BCUT2D eigenvalue weighted by molar-refractivity contribution is 7.80. The monoisotopic (exact) mass is 260 g/mol. The molecule has 18 heavy (non-hydrogen) atoms. The quantitative estimate of drug-likeness (QED) is 0.631. The molecule has 1 aromatic carbocycles. The van der Waals surface area contributed by atoms with Crippen molar-refractivity contribution in [3.63, 3.8) is 0 Å². The molecule has 0 radical (unpaired) electrons. The van der Waals surface area contributed by atoms with Gasteiger partial charge in [-0.05, 0) is 18.6 Å². The predicted molar refractivity (Wildman–Crippen MR) is 82.0 cm³/mol. The van der Waals surface area contributed by atoms with Crippen LogP contribution in [0.5, 0.6) is 0 Å². The molecule has 2 N–H and O–H groups in total. The molecule has 1 heterocycles. The van der Waals surface area contributed by atoms with E-state index in [9.17, 15) is 0 Å². The topological polar surface area (TPSA) is 30.9 Å². The van der Waals surface area contributed by atoms with Crippen molar-refractivity contribution >= 4 is 28.1 Å². The number of nitrogens with zero attached hydrogens (tertiary/aromatic N) is 1. The van der Waals surface area contributed by atoms with Gasteiger partial charge in [-0.1, -0.05) is 50.5 Å². The number of rotatable bonds is 6. The first-order valence-corrected chi connectivity index (χ1v) is 7.02. The molecular formula is C15H20N2S. The molecule has 2 rings (SSSR count). The first-order valence-electron chi connectivity index (χ1n) is 6.61. The zero-order valence-corrected chi connectivity index (χ0v) is 11.7. The number of hydrogen-bond donors (Lipinski definition) is 1. The maximum atomic E-state index is 5.75. The van der Waals surface area contributed by atoms with Gasteiger partial charge in [-0.3, -0.25) is 0 Å². The number of benzene rings is 1. The summed E-state index contributed by atoms with van der Waals surface area (Å²) in [7, 11) is 0. The number of aromatic nitrogens is 1. The fourth-order valence-corrected chi connectivity index (χ4v) is 2.52. The molecule has 0 atom stereocenters. The van der Waals surface area contributed by atoms with Crippen LogP contribution in [0.25, 0.3) is 10.9 Å². The van der Waals surface area contributed by atoms with Crippen molar-refractivity contribution < 1.29 is 0 Å². The molecule has 0 amide bonds. The molecule has 2 nitrogen and oxygen atoms in total. The van der Waals surface area contributed by atoms with Crippen LogP contribution >= 0.6 is 12.2 Å². The van der Waals surface area contributed by atoms with Crippen molar-refractivity contribution in [1.82, 2.24) is 4.57 Å². The van der Waals surface area contributed by atoms with Crippen LogP contribution in [0.3, 0.4) is 0 Å². The zero-order chi connectivity index (χ0) is 13.0. The van der Waals surface area contributed by atoms with E-state index >= 15 is 0 Å². The first kappa shape index (κ1) is 13.1. The molecule has 0 aliphatic heterocycles. The van der Waals surface area contributed by atoms with Gasteiger partial charge in [-0.15, -0.1) is 0 Å². The maximum absolute atomic E-state index is 5.75. The van der Waals surface area contributed by atoms with Crippen molar-refractivity contribution in [2.45, 2.75) is 39.2 Å². The van der Waals surface area contributed by atoms with Gasteiger partial charge in [-0.25, -0.2) is 0 Å². The lowest BCUT2D eigenvalue weighted by Gasteiger charge is -2.06. The third kappa shape index (κ3) is 2.72. The lowest BCUT2D eigenvalue weighted by molar-refractivity contribution is 0.593. The normalized spacial score (nSPS) is 10.9. The lowest BCUT2D eigenvalue weighted by Crippen LogP contribution is -2.09. The van der Waals surface area contributed by atoms with E-state index in [0.717, 1.165) is 12.1 Å². The van der Waals surface area contributed by atoms with Crippen LogP contribution in [-0.4, -0.2) is 9.56 Å². The molecule has 3 heteroatoms. The Labute approximate surface area is 114 Å². The molecule has 0 spiro atoms. The Bertz CT molecular complexity index is 542. The third-order valence-corrected chi connectivity index (χ3v) is 3.55. The van der Waals surface area contributed by atoms with Gasteiger partial charge in [0, 0.05) is 29.2 Å². The summed E-state index contributed by atoms with van der Waals surface area (Å²) in [6.45, 7) is 3.31. The average molecular weight is 260 g/mol. The summed E-state index contributed by atoms with van der Waals surface area (Å²) in [6, 6.07) is 8.27. The molecule has 1 aromatic heterocycles. The molecule has 0 bridgehead atoms. The number of hydrogen-bond acceptors (Lipinski definition) is 1. The Balaban J connectivity index is 2.20. The number of aryl methyl sites for hydroxylation is 1. The van der Waals surface area contributed by atoms with Gasteiger partial charge in [0.05, 0.1) is 0 Å². The largest absolute Gasteiger partial charge is 0.389 e. The Morgan fingerprint density at radius 1 is 1.22 bits per heavy atom. The molecule has 2 aromatic rings. The minimum absolute atomic E-state index is 0.476. The summed E-state index contributed by atoms with van der Waals surface area (Å²) in [5, 5.41) is 1.17. The van der Waals surface area contributed by atoms with E-state index in [1.165, 1.54) is 36.6 Å². The molecule has 96 valence electrons. The van der Waals surface area contributed by atoms with E-state index in [2.05, 4.69) is 29.8 Å². The minimum Gasteiger partial charge on any atom is -0.389 e. The molecule has 0 aliphatic carbocycles. The van der Waals surface area contributed by atoms with Gasteiger partial charge in [0.1, 0.15) is 4.99 Å². The highest BCUT2D eigenvalue weighted by Gasteiger charge is 2.06. The van der Waals surface area contributed by atoms with E-state index in [1.807, 2.05) is 12.1 Å². The van der Waals surface area contributed by atoms with Crippen molar-refractivity contribution in [2.24, 2.45) is 5.73 Å². The highest BCUT2D eigenvalue weighted by atomic mass is 32.1. The summed E-state index contributed by atoms with van der Waals surface area (Å²) in [5.74, 6) is 0. The summed E-state index contributed by atoms with van der Waals surface area (Å²) >= 11 is 5.09. The Hall–Kier alpha value is -1.35. The van der Waals surface area contributed by atoms with Crippen LogP contribution < -0.4 is 5.73 Å². The summed E-state index contributed by atoms with van der Waals surface area (Å²) in [5.41, 5.74) is 7.97. The van der Waals surface area contributed by atoms with Crippen LogP contribution in [0.15, 0.2) is 30.5 Å². The van der Waals surface area contributed by atoms with E-state index in [0.29, 0.717) is 4.99 Å². The van der Waals surface area contributed by atoms with Gasteiger partial charge in [0.15, 0.2) is 0 Å². The Kier molecular flexibility index (Phi) is 4.37. The second kappa shape index (κ2) is 6.01. The Morgan fingerprint density at radius 3 is 2.78 bits per heavy atom. The molecule has 0 aliphatic rings. The Morgan fingerprint density at radius 2 is 2.06 bits per heavy atom. The number of unbranched alkanes of at least 4 members (excludes halogenated alkanes) is 3. The predicted octanol–water partition coefficient (Wildman–Crippen LogP) is 3.86. The second-order valence-corrected chi connectivity index (χ2v) is 5.11. The van der Waals surface area contributed by atoms with E-state index in [1.54, 1.807) is 0 Å². The van der Waals surface area contributed by atoms with E-state index in [4.69, 9.17) is 18.0 Å². The standard InChI is InChI=1S/C15H20N2S/c1-2-3-4-5-10-17-11-9-12-13(15(16)18)7-6-8-14(12)17/h6-9,11H,2-5,10H2,1H3,(H2,16,18). The molecule has 0 unspecified atom stereocenters.